The predicted octanol–water partition coefficient (Wildman–Crippen LogP) is 1.89. The van der Waals surface area contributed by atoms with E-state index in [9.17, 15) is 9.59 Å². The van der Waals surface area contributed by atoms with Gasteiger partial charge in [0.25, 0.3) is 0 Å². The summed E-state index contributed by atoms with van der Waals surface area (Å²) in [6.07, 6.45) is 2.78. The fourth-order valence-corrected chi connectivity index (χ4v) is 4.19. The van der Waals surface area contributed by atoms with E-state index in [-0.39, 0.29) is 29.8 Å². The van der Waals surface area contributed by atoms with Gasteiger partial charge in [-0.25, -0.2) is 0 Å². The number of amides is 2. The summed E-state index contributed by atoms with van der Waals surface area (Å²) in [4.78, 5) is 28.4. The summed E-state index contributed by atoms with van der Waals surface area (Å²) < 4.78 is 4.96. The number of hydrogen-bond acceptors (Lipinski definition) is 3. The highest BCUT2D eigenvalue weighted by molar-refractivity contribution is 5.84. The molecule has 130 valence electrons. The van der Waals surface area contributed by atoms with Crippen LogP contribution in [0, 0.1) is 5.41 Å². The predicted molar refractivity (Wildman–Crippen MR) is 91.6 cm³/mol. The lowest BCUT2D eigenvalue weighted by Crippen LogP contribution is -2.53. The molecule has 5 nitrogen and oxygen atoms in total. The van der Waals surface area contributed by atoms with Crippen molar-refractivity contribution < 1.29 is 14.3 Å². The second-order valence-electron chi connectivity index (χ2n) is 7.18. The standard InChI is InChI=1S/C19H26N2O3/c1-20-14-19(8-10-21(11-9-19)17(22)13-24-2)12-16(18(20)23)15-6-4-3-5-7-15/h3-7,16H,8-14H2,1-2H3/t16-/m0/s1. The van der Waals surface area contributed by atoms with Gasteiger partial charge in [-0.3, -0.25) is 9.59 Å². The van der Waals surface area contributed by atoms with Crippen LogP contribution in [0.5, 0.6) is 0 Å². The van der Waals surface area contributed by atoms with E-state index in [1.165, 1.54) is 0 Å². The summed E-state index contributed by atoms with van der Waals surface area (Å²) in [6.45, 7) is 2.46. The number of carbonyl (C=O) groups excluding carboxylic acids is 2. The molecule has 0 aromatic heterocycles. The third kappa shape index (κ3) is 3.31. The number of rotatable bonds is 3. The number of hydrogen-bond donors (Lipinski definition) is 0. The van der Waals surface area contributed by atoms with Crippen molar-refractivity contribution in [2.75, 3.05) is 40.4 Å². The minimum atomic E-state index is -0.0637. The molecule has 2 aliphatic rings. The number of ether oxygens (including phenoxy) is 1. The van der Waals surface area contributed by atoms with Gasteiger partial charge in [-0.1, -0.05) is 30.3 Å². The molecule has 5 heteroatoms. The smallest absolute Gasteiger partial charge is 0.248 e. The number of likely N-dealkylation sites (N-methyl/N-ethyl adjacent to an activating group) is 1. The van der Waals surface area contributed by atoms with Gasteiger partial charge in [-0.15, -0.1) is 0 Å². The van der Waals surface area contributed by atoms with Gasteiger partial charge < -0.3 is 14.5 Å². The molecule has 0 N–H and O–H groups in total. The first-order valence-electron chi connectivity index (χ1n) is 8.61. The maximum atomic E-state index is 12.7. The van der Waals surface area contributed by atoms with Crippen molar-refractivity contribution in [1.82, 2.24) is 9.80 Å². The molecule has 0 unspecified atom stereocenters. The van der Waals surface area contributed by atoms with Crippen LogP contribution in [0.4, 0.5) is 0 Å². The lowest BCUT2D eigenvalue weighted by molar-refractivity contribution is -0.144. The third-order valence-electron chi connectivity index (χ3n) is 5.53. The molecular formula is C19H26N2O3. The third-order valence-corrected chi connectivity index (χ3v) is 5.53. The van der Waals surface area contributed by atoms with Crippen molar-refractivity contribution in [1.29, 1.82) is 0 Å². The van der Waals surface area contributed by atoms with Gasteiger partial charge in [-0.2, -0.15) is 0 Å². The highest BCUT2D eigenvalue weighted by Gasteiger charge is 2.45. The lowest BCUT2D eigenvalue weighted by Gasteiger charge is -2.49. The molecular weight excluding hydrogens is 304 g/mol. The largest absolute Gasteiger partial charge is 0.375 e. The highest BCUT2D eigenvalue weighted by atomic mass is 16.5. The van der Waals surface area contributed by atoms with Crippen molar-refractivity contribution >= 4 is 11.8 Å². The first-order chi connectivity index (χ1) is 11.5. The molecule has 0 aliphatic carbocycles. The van der Waals surface area contributed by atoms with Crippen LogP contribution in [0.25, 0.3) is 0 Å². The maximum Gasteiger partial charge on any atom is 0.248 e. The van der Waals surface area contributed by atoms with Gasteiger partial charge in [0.2, 0.25) is 11.8 Å². The number of methoxy groups -OCH3 is 1. The fourth-order valence-electron chi connectivity index (χ4n) is 4.19. The molecule has 2 amide bonds. The Bertz CT molecular complexity index is 594. The molecule has 2 heterocycles. The van der Waals surface area contributed by atoms with E-state index in [0.717, 1.165) is 44.5 Å². The second-order valence-corrected chi connectivity index (χ2v) is 7.18. The van der Waals surface area contributed by atoms with Crippen LogP contribution >= 0.6 is 0 Å². The number of benzene rings is 1. The summed E-state index contributed by atoms with van der Waals surface area (Å²) in [5.74, 6) is 0.211. The molecule has 0 saturated carbocycles. The SMILES string of the molecule is COCC(=O)N1CCC2(CC1)C[C@@H](c1ccccc1)C(=O)N(C)C2. The zero-order valence-corrected chi connectivity index (χ0v) is 14.5. The van der Waals surface area contributed by atoms with E-state index in [1.54, 1.807) is 7.11 Å². The topological polar surface area (TPSA) is 49.9 Å². The minimum absolute atomic E-state index is 0.0622. The van der Waals surface area contributed by atoms with Gasteiger partial charge in [0, 0.05) is 33.8 Å². The van der Waals surface area contributed by atoms with Gasteiger partial charge in [0.1, 0.15) is 6.61 Å². The Balaban J connectivity index is 1.73. The van der Waals surface area contributed by atoms with Crippen LogP contribution in [0.1, 0.15) is 30.7 Å². The summed E-state index contributed by atoms with van der Waals surface area (Å²) in [5, 5.41) is 0. The average Bonchev–Trinajstić information content (AvgIpc) is 2.60. The molecule has 0 bridgehead atoms. The summed E-state index contributed by atoms with van der Waals surface area (Å²) in [6, 6.07) is 10.1. The number of carbonyl (C=O) groups is 2. The molecule has 2 fully saturated rings. The van der Waals surface area contributed by atoms with Gasteiger partial charge in [0.05, 0.1) is 5.92 Å². The van der Waals surface area contributed by atoms with Crippen LogP contribution in [0.3, 0.4) is 0 Å². The van der Waals surface area contributed by atoms with Gasteiger partial charge in [-0.05, 0) is 30.2 Å². The molecule has 2 aliphatic heterocycles. The summed E-state index contributed by atoms with van der Waals surface area (Å²) in [7, 11) is 3.46. The number of piperidine rings is 2. The highest BCUT2D eigenvalue weighted by Crippen LogP contribution is 2.45. The van der Waals surface area contributed by atoms with Crippen LogP contribution < -0.4 is 0 Å². The van der Waals surface area contributed by atoms with Crippen LogP contribution in [-0.4, -0.2) is 62.0 Å². The van der Waals surface area contributed by atoms with Crippen molar-refractivity contribution in [3.8, 4) is 0 Å². The van der Waals surface area contributed by atoms with Crippen LogP contribution in [0.15, 0.2) is 30.3 Å². The van der Waals surface area contributed by atoms with Gasteiger partial charge >= 0.3 is 0 Å². The second kappa shape index (κ2) is 6.93. The van der Waals surface area contributed by atoms with Crippen molar-refractivity contribution in [3.63, 3.8) is 0 Å². The number of nitrogens with zero attached hydrogens (tertiary/aromatic N) is 2. The Kier molecular flexibility index (Phi) is 4.90. The quantitative estimate of drug-likeness (QED) is 0.850. The molecule has 1 aromatic carbocycles. The molecule has 3 rings (SSSR count). The van der Waals surface area contributed by atoms with Crippen LogP contribution in [-0.2, 0) is 14.3 Å². The normalized spacial score (nSPS) is 23.6. The summed E-state index contributed by atoms with van der Waals surface area (Å²) in [5.41, 5.74) is 1.22. The average molecular weight is 330 g/mol. The fraction of sp³-hybridized carbons (Fsp3) is 0.579. The molecule has 1 aromatic rings. The molecule has 0 radical (unpaired) electrons. The van der Waals surface area contributed by atoms with E-state index in [2.05, 4.69) is 0 Å². The first kappa shape index (κ1) is 17.0. The Morgan fingerprint density at radius 2 is 1.92 bits per heavy atom. The van der Waals surface area contributed by atoms with Crippen molar-refractivity contribution in [2.24, 2.45) is 5.41 Å². The zero-order valence-electron chi connectivity index (χ0n) is 14.5. The summed E-state index contributed by atoms with van der Waals surface area (Å²) >= 11 is 0. The van der Waals surface area contributed by atoms with E-state index in [0.29, 0.717) is 0 Å². The Hall–Kier alpha value is -1.88. The van der Waals surface area contributed by atoms with Gasteiger partial charge in [0.15, 0.2) is 0 Å². The number of likely N-dealkylation sites (tertiary alicyclic amines) is 2. The van der Waals surface area contributed by atoms with E-state index in [1.807, 2.05) is 47.2 Å². The van der Waals surface area contributed by atoms with E-state index >= 15 is 0 Å². The zero-order chi connectivity index (χ0) is 17.2. The first-order valence-corrected chi connectivity index (χ1v) is 8.61. The molecule has 2 saturated heterocycles. The van der Waals surface area contributed by atoms with E-state index in [4.69, 9.17) is 4.74 Å². The molecule has 1 atom stereocenters. The van der Waals surface area contributed by atoms with Crippen LogP contribution in [0.2, 0.25) is 0 Å². The van der Waals surface area contributed by atoms with E-state index < -0.39 is 0 Å². The minimum Gasteiger partial charge on any atom is -0.375 e. The molecule has 1 spiro atoms. The maximum absolute atomic E-state index is 12.7. The Labute approximate surface area is 143 Å². The van der Waals surface area contributed by atoms with Crippen molar-refractivity contribution in [2.45, 2.75) is 25.2 Å². The lowest BCUT2D eigenvalue weighted by atomic mass is 9.67. The Morgan fingerprint density at radius 3 is 2.54 bits per heavy atom. The molecule has 24 heavy (non-hydrogen) atoms. The monoisotopic (exact) mass is 330 g/mol. The Morgan fingerprint density at radius 1 is 1.25 bits per heavy atom. The van der Waals surface area contributed by atoms with Crippen molar-refractivity contribution in [3.05, 3.63) is 35.9 Å².